The smallest absolute Gasteiger partial charge is 0.249 e. The predicted octanol–water partition coefficient (Wildman–Crippen LogP) is 7.13. The molecule has 0 unspecified atom stereocenters. The van der Waals surface area contributed by atoms with Crippen LogP contribution in [0.15, 0.2) is 118 Å². The van der Waals surface area contributed by atoms with Crippen LogP contribution in [0.25, 0.3) is 22.3 Å². The van der Waals surface area contributed by atoms with Gasteiger partial charge in [-0.2, -0.15) is 0 Å². The van der Waals surface area contributed by atoms with Gasteiger partial charge < -0.3 is 22.9 Å². The summed E-state index contributed by atoms with van der Waals surface area (Å²) in [5, 5.41) is 0. The van der Waals surface area contributed by atoms with E-state index in [-0.39, 0.29) is 24.8 Å². The Kier molecular flexibility index (Phi) is 15.9. The summed E-state index contributed by atoms with van der Waals surface area (Å²) in [4.78, 5) is 45.5. The number of primary amides is 4. The monoisotopic (exact) mass is 735 g/mol. The van der Waals surface area contributed by atoms with E-state index in [1.807, 2.05) is 0 Å². The molecule has 1 aliphatic carbocycles. The SMILES string of the molecule is CC1=C(C)C(C)(C)[C]([Ti])=C1C.Cl.Cl.NC(=O)c1ccccc1-c1ccccc1C(N)=O.NC(=O)c1ccccc1-c1ccccc1C(N)=O. The molecular weight excluding hydrogens is 695 g/mol. The zero-order valence-corrected chi connectivity index (χ0v) is 31.2. The maximum absolute atomic E-state index is 11.4. The molecule has 0 atom stereocenters. The van der Waals surface area contributed by atoms with Crippen molar-refractivity contribution in [1.29, 1.82) is 0 Å². The molecule has 1 aliphatic rings. The second-order valence-corrected chi connectivity index (χ2v) is 12.3. The van der Waals surface area contributed by atoms with E-state index in [2.05, 4.69) is 55.1 Å². The minimum absolute atomic E-state index is 0. The van der Waals surface area contributed by atoms with E-state index in [9.17, 15) is 19.2 Å². The fourth-order valence-corrected chi connectivity index (χ4v) is 5.91. The first-order chi connectivity index (χ1) is 22.1. The van der Waals surface area contributed by atoms with Crippen LogP contribution in [0.4, 0.5) is 0 Å². The molecule has 0 fully saturated rings. The molecule has 0 bridgehead atoms. The van der Waals surface area contributed by atoms with Crippen LogP contribution < -0.4 is 22.9 Å². The van der Waals surface area contributed by atoms with Gasteiger partial charge in [-0.25, -0.2) is 0 Å². The van der Waals surface area contributed by atoms with Gasteiger partial charge >= 0.3 is 81.1 Å². The van der Waals surface area contributed by atoms with Crippen LogP contribution in [0.5, 0.6) is 0 Å². The van der Waals surface area contributed by atoms with Crippen LogP contribution in [0.1, 0.15) is 76.1 Å². The number of halogens is 2. The van der Waals surface area contributed by atoms with Gasteiger partial charge in [-0.05, 0) is 46.5 Å². The molecule has 4 amide bonds. The Balaban J connectivity index is 0.000000371. The van der Waals surface area contributed by atoms with Gasteiger partial charge in [0.15, 0.2) is 0 Å². The van der Waals surface area contributed by atoms with Crippen LogP contribution in [0.2, 0.25) is 0 Å². The minimum Gasteiger partial charge on any atom is -0.366 e. The molecule has 0 heterocycles. The van der Waals surface area contributed by atoms with Gasteiger partial charge in [0.05, 0.1) is 0 Å². The van der Waals surface area contributed by atoms with Gasteiger partial charge in [0.2, 0.25) is 23.6 Å². The van der Waals surface area contributed by atoms with Crippen LogP contribution >= 0.6 is 24.8 Å². The van der Waals surface area contributed by atoms with E-state index in [1.54, 1.807) is 97.1 Å². The molecule has 0 aliphatic heterocycles. The summed E-state index contributed by atoms with van der Waals surface area (Å²) in [6, 6.07) is 27.4. The third-order valence-electron chi connectivity index (χ3n) is 8.41. The molecule has 8 nitrogen and oxygen atoms in total. The molecule has 5 rings (SSSR count). The largest absolute Gasteiger partial charge is 0.366 e. The van der Waals surface area contributed by atoms with Gasteiger partial charge in [-0.1, -0.05) is 72.8 Å². The van der Waals surface area contributed by atoms with Crippen LogP contribution in [0, 0.1) is 5.41 Å². The zero-order chi connectivity index (χ0) is 35.1. The van der Waals surface area contributed by atoms with E-state index >= 15 is 0 Å². The third-order valence-corrected chi connectivity index (χ3v) is 9.97. The van der Waals surface area contributed by atoms with Crippen molar-refractivity contribution in [3.05, 3.63) is 140 Å². The summed E-state index contributed by atoms with van der Waals surface area (Å²) < 4.78 is 1.53. The number of nitrogens with two attached hydrogens (primary N) is 4. The molecule has 255 valence electrons. The van der Waals surface area contributed by atoms with E-state index in [0.29, 0.717) is 49.9 Å². The molecule has 4 aromatic rings. The quantitative estimate of drug-likeness (QED) is 0.154. The van der Waals surface area contributed by atoms with Crippen LogP contribution in [-0.2, 0) is 20.4 Å². The minimum atomic E-state index is -0.537. The van der Waals surface area contributed by atoms with E-state index in [1.165, 1.54) is 20.6 Å². The average Bonchev–Trinajstić information content (AvgIpc) is 3.19. The van der Waals surface area contributed by atoms with Crippen molar-refractivity contribution in [2.24, 2.45) is 28.3 Å². The molecule has 49 heavy (non-hydrogen) atoms. The molecule has 4 aromatic carbocycles. The van der Waals surface area contributed by atoms with Crippen molar-refractivity contribution in [2.45, 2.75) is 34.6 Å². The Bertz CT molecular complexity index is 1690. The number of carbonyl (C=O) groups is 4. The standard InChI is InChI=1S/2C14H12N2O2.C10H15.2ClH.Ti/c2*15-13(17)11-7-3-1-5-9(11)10-6-2-4-8-12(10)14(16)18;1-7-6-10(4,5)9(3)8(7)2;;;/h2*1-8H,(H2,15,17)(H2,16,18);1-5H3;2*1H;. The summed E-state index contributed by atoms with van der Waals surface area (Å²) in [7, 11) is 0. The molecule has 0 saturated carbocycles. The third kappa shape index (κ3) is 9.80. The number of benzene rings is 4. The normalized spacial score (nSPS) is 12.6. The number of amides is 4. The molecule has 0 aromatic heterocycles. The van der Waals surface area contributed by atoms with E-state index in [0.717, 1.165) is 0 Å². The number of hydrogen-bond donors (Lipinski definition) is 4. The van der Waals surface area contributed by atoms with Crippen molar-refractivity contribution < 1.29 is 39.6 Å². The summed E-state index contributed by atoms with van der Waals surface area (Å²) in [6.45, 7) is 11.3. The van der Waals surface area contributed by atoms with Crippen molar-refractivity contribution in [3.63, 3.8) is 0 Å². The maximum atomic E-state index is 11.4. The molecule has 11 heteroatoms. The van der Waals surface area contributed by atoms with Crippen LogP contribution in [0.3, 0.4) is 0 Å². The molecule has 0 spiro atoms. The van der Waals surface area contributed by atoms with Gasteiger partial charge in [-0.15, -0.1) is 24.8 Å². The van der Waals surface area contributed by atoms with E-state index < -0.39 is 23.6 Å². The molecular formula is C38H41Cl2N4O4Ti. The fraction of sp³-hybridized carbons (Fsp3) is 0.158. The Morgan fingerprint density at radius 1 is 0.469 bits per heavy atom. The van der Waals surface area contributed by atoms with Crippen molar-refractivity contribution in [3.8, 4) is 22.3 Å². The van der Waals surface area contributed by atoms with Crippen molar-refractivity contribution >= 4 is 48.4 Å². The molecule has 0 radical (unpaired) electrons. The average molecular weight is 737 g/mol. The Morgan fingerprint density at radius 2 is 0.694 bits per heavy atom. The summed E-state index contributed by atoms with van der Waals surface area (Å²) in [5.41, 5.74) is 30.0. The zero-order valence-electron chi connectivity index (χ0n) is 28.0. The number of carbonyl (C=O) groups excluding carboxylic acids is 4. The van der Waals surface area contributed by atoms with Crippen LogP contribution in [-0.4, -0.2) is 23.6 Å². The summed E-state index contributed by atoms with van der Waals surface area (Å²) in [6.07, 6.45) is 0. The van der Waals surface area contributed by atoms with Gasteiger partial charge in [-0.3, -0.25) is 19.2 Å². The van der Waals surface area contributed by atoms with Gasteiger partial charge in [0.25, 0.3) is 0 Å². The number of rotatable bonds is 6. The topological polar surface area (TPSA) is 172 Å². The Hall–Kier alpha value is -4.47. The van der Waals surface area contributed by atoms with E-state index in [4.69, 9.17) is 22.9 Å². The first kappa shape index (κ1) is 42.6. The van der Waals surface area contributed by atoms with Crippen molar-refractivity contribution in [2.75, 3.05) is 0 Å². The van der Waals surface area contributed by atoms with Crippen molar-refractivity contribution in [1.82, 2.24) is 0 Å². The predicted molar refractivity (Wildman–Crippen MR) is 197 cm³/mol. The van der Waals surface area contributed by atoms with Gasteiger partial charge in [0, 0.05) is 22.3 Å². The number of allylic oxidation sites excluding steroid dienone is 4. The summed E-state index contributed by atoms with van der Waals surface area (Å²) >= 11 is 2.25. The first-order valence-corrected chi connectivity index (χ1v) is 15.6. The fourth-order valence-electron chi connectivity index (χ4n) is 5.33. The Morgan fingerprint density at radius 3 is 0.837 bits per heavy atom. The first-order valence-electron chi connectivity index (χ1n) is 14.8. The molecule has 0 saturated heterocycles. The second kappa shape index (κ2) is 18.3. The summed E-state index contributed by atoms with van der Waals surface area (Å²) in [5.74, 6) is -2.15. The maximum Gasteiger partial charge on any atom is 0.249 e. The molecule has 8 N–H and O–H groups in total. The van der Waals surface area contributed by atoms with Gasteiger partial charge in [0.1, 0.15) is 0 Å². The number of hydrogen-bond acceptors (Lipinski definition) is 4. The Labute approximate surface area is 311 Å². The second-order valence-electron chi connectivity index (χ2n) is 11.5.